The summed E-state index contributed by atoms with van der Waals surface area (Å²) in [6.45, 7) is 4.48. The highest BCUT2D eigenvalue weighted by Crippen LogP contribution is 2.29. The zero-order valence-corrected chi connectivity index (χ0v) is 19.7. The smallest absolute Gasteiger partial charge is 0.181 e. The number of aliphatic hydroxyl groups is 1. The summed E-state index contributed by atoms with van der Waals surface area (Å²) in [6.07, 6.45) is 2.72. The Morgan fingerprint density at radius 3 is 2.18 bits per heavy atom. The summed E-state index contributed by atoms with van der Waals surface area (Å²) in [6, 6.07) is 21.7. The van der Waals surface area contributed by atoms with E-state index in [1.54, 1.807) is 18.1 Å². The highest BCUT2D eigenvalue weighted by atomic mass is 32.2. The quantitative estimate of drug-likeness (QED) is 0.295. The van der Waals surface area contributed by atoms with Crippen molar-refractivity contribution in [2.24, 2.45) is 0 Å². The lowest BCUT2D eigenvalue weighted by Gasteiger charge is -2.40. The van der Waals surface area contributed by atoms with E-state index in [0.29, 0.717) is 17.9 Å². The maximum atomic E-state index is 10.7. The van der Waals surface area contributed by atoms with Crippen molar-refractivity contribution >= 4 is 22.9 Å². The number of aromatic amines is 1. The third-order valence-electron chi connectivity index (χ3n) is 6.07. The van der Waals surface area contributed by atoms with Gasteiger partial charge in [0.05, 0.1) is 18.5 Å². The molecular weight excluding hydrogens is 448 g/mol. The summed E-state index contributed by atoms with van der Waals surface area (Å²) in [5, 5.41) is 11.5. The van der Waals surface area contributed by atoms with Gasteiger partial charge in [-0.2, -0.15) is 0 Å². The normalized spacial score (nSPS) is 15.9. The number of piperazine rings is 1. The highest BCUT2D eigenvalue weighted by Gasteiger charge is 2.27. The minimum atomic E-state index is -0.423. The van der Waals surface area contributed by atoms with E-state index in [9.17, 15) is 5.11 Å². The Morgan fingerprint density at radius 2 is 1.53 bits per heavy atom. The number of aromatic nitrogens is 4. The summed E-state index contributed by atoms with van der Waals surface area (Å²) in [5.74, 6) is 0.585. The standard InChI is InChI=1S/C25H28N6OS.H2O/c32-21(16-33-25-22-24(27-17-26-22)28-18-29-25)15-30-11-13-31(14-12-30)23(19-7-3-1-4-8-19)20-9-5-2-6-10-20;/h1-10,17-18,21,23,32H,11-16H2,(H,26,27,28,29);1H2. The summed E-state index contributed by atoms with van der Waals surface area (Å²) in [4.78, 5) is 20.6. The molecule has 178 valence electrons. The molecule has 0 bridgehead atoms. The van der Waals surface area contributed by atoms with Crippen LogP contribution in [0, 0.1) is 0 Å². The summed E-state index contributed by atoms with van der Waals surface area (Å²) < 4.78 is 0. The van der Waals surface area contributed by atoms with E-state index in [4.69, 9.17) is 0 Å². The average molecular weight is 479 g/mol. The molecule has 5 rings (SSSR count). The number of benzene rings is 2. The SMILES string of the molecule is O.OC(CSc1ncnc2nc[nH]c12)CN1CCN(C(c2ccccc2)c2ccccc2)CC1. The van der Waals surface area contributed by atoms with Crippen molar-refractivity contribution in [2.75, 3.05) is 38.5 Å². The van der Waals surface area contributed by atoms with Gasteiger partial charge in [0, 0.05) is 38.5 Å². The third-order valence-corrected chi connectivity index (χ3v) is 7.21. The number of H-pyrrole nitrogens is 1. The Bertz CT molecular complexity index is 1110. The zero-order valence-electron chi connectivity index (χ0n) is 18.9. The first-order valence-corrected chi connectivity index (χ1v) is 12.3. The van der Waals surface area contributed by atoms with Crippen molar-refractivity contribution in [1.82, 2.24) is 29.7 Å². The van der Waals surface area contributed by atoms with E-state index in [-0.39, 0.29) is 11.5 Å². The number of hydrogen-bond acceptors (Lipinski definition) is 7. The molecule has 1 fully saturated rings. The van der Waals surface area contributed by atoms with Gasteiger partial charge in [-0.1, -0.05) is 60.7 Å². The predicted molar refractivity (Wildman–Crippen MR) is 135 cm³/mol. The van der Waals surface area contributed by atoms with Gasteiger partial charge in [-0.25, -0.2) is 15.0 Å². The Hall–Kier alpha value is -2.82. The molecule has 0 radical (unpaired) electrons. The Labute approximate surface area is 203 Å². The van der Waals surface area contributed by atoms with Crippen LogP contribution in [0.25, 0.3) is 11.2 Å². The van der Waals surface area contributed by atoms with Crippen molar-refractivity contribution in [3.63, 3.8) is 0 Å². The first-order chi connectivity index (χ1) is 16.3. The molecular formula is C25H30N6O2S. The predicted octanol–water partition coefficient (Wildman–Crippen LogP) is 2.39. The number of hydrogen-bond donors (Lipinski definition) is 2. The molecule has 1 saturated heterocycles. The van der Waals surface area contributed by atoms with Crippen LogP contribution in [0.2, 0.25) is 0 Å². The molecule has 2 aromatic carbocycles. The van der Waals surface area contributed by atoms with Gasteiger partial charge >= 0.3 is 0 Å². The van der Waals surface area contributed by atoms with Gasteiger partial charge < -0.3 is 15.6 Å². The Morgan fingerprint density at radius 1 is 0.882 bits per heavy atom. The first kappa shape index (κ1) is 24.3. The summed E-state index contributed by atoms with van der Waals surface area (Å²) in [5.41, 5.74) is 4.13. The molecule has 34 heavy (non-hydrogen) atoms. The van der Waals surface area contributed by atoms with Crippen LogP contribution in [0.4, 0.5) is 0 Å². The van der Waals surface area contributed by atoms with Crippen molar-refractivity contribution in [3.8, 4) is 0 Å². The van der Waals surface area contributed by atoms with Crippen molar-refractivity contribution in [1.29, 1.82) is 0 Å². The number of nitrogens with one attached hydrogen (secondary N) is 1. The van der Waals surface area contributed by atoms with Gasteiger partial charge in [-0.15, -0.1) is 11.8 Å². The molecule has 9 heteroatoms. The van der Waals surface area contributed by atoms with Gasteiger partial charge in [0.25, 0.3) is 0 Å². The van der Waals surface area contributed by atoms with E-state index in [1.807, 2.05) is 0 Å². The molecule has 1 atom stereocenters. The van der Waals surface area contributed by atoms with Crippen molar-refractivity contribution in [2.45, 2.75) is 17.2 Å². The fourth-order valence-corrected chi connectivity index (χ4v) is 5.34. The van der Waals surface area contributed by atoms with E-state index in [1.165, 1.54) is 17.5 Å². The maximum Gasteiger partial charge on any atom is 0.181 e. The molecule has 0 aliphatic carbocycles. The molecule has 0 saturated carbocycles. The second-order valence-electron chi connectivity index (χ2n) is 8.31. The average Bonchev–Trinajstić information content (AvgIpc) is 3.35. The van der Waals surface area contributed by atoms with Gasteiger partial charge in [-0.05, 0) is 11.1 Å². The van der Waals surface area contributed by atoms with E-state index in [0.717, 1.165) is 36.7 Å². The van der Waals surface area contributed by atoms with Gasteiger partial charge in [-0.3, -0.25) is 9.80 Å². The van der Waals surface area contributed by atoms with Gasteiger partial charge in [0.15, 0.2) is 5.65 Å². The maximum absolute atomic E-state index is 10.7. The van der Waals surface area contributed by atoms with E-state index < -0.39 is 6.10 Å². The van der Waals surface area contributed by atoms with Crippen LogP contribution in [-0.4, -0.2) is 84.9 Å². The third kappa shape index (κ3) is 5.63. The van der Waals surface area contributed by atoms with E-state index >= 15 is 0 Å². The fourth-order valence-electron chi connectivity index (χ4n) is 4.47. The summed E-state index contributed by atoms with van der Waals surface area (Å²) >= 11 is 1.54. The number of nitrogens with zero attached hydrogens (tertiary/aromatic N) is 5. The van der Waals surface area contributed by atoms with E-state index in [2.05, 4.69) is 90.4 Å². The Kier molecular flexibility index (Phi) is 8.25. The molecule has 1 aliphatic rings. The van der Waals surface area contributed by atoms with Gasteiger partial charge in [0.1, 0.15) is 16.9 Å². The van der Waals surface area contributed by atoms with Crippen LogP contribution in [0.3, 0.4) is 0 Å². The lowest BCUT2D eigenvalue weighted by atomic mass is 9.96. The van der Waals surface area contributed by atoms with Crippen molar-refractivity contribution in [3.05, 3.63) is 84.4 Å². The molecule has 4 N–H and O–H groups in total. The molecule has 1 aliphatic heterocycles. The number of β-amino-alcohol motifs (C(OH)–C–C–N with tert-alkyl or cyclic N) is 1. The van der Waals surface area contributed by atoms with Crippen LogP contribution in [0.15, 0.2) is 78.3 Å². The first-order valence-electron chi connectivity index (χ1n) is 11.3. The second kappa shape index (κ2) is 11.5. The second-order valence-corrected chi connectivity index (χ2v) is 9.31. The topological polar surface area (TPSA) is 113 Å². The molecule has 3 heterocycles. The Balaban J connectivity index is 0.00000274. The molecule has 0 spiro atoms. The summed E-state index contributed by atoms with van der Waals surface area (Å²) in [7, 11) is 0. The lowest BCUT2D eigenvalue weighted by molar-refractivity contribution is 0.0708. The lowest BCUT2D eigenvalue weighted by Crippen LogP contribution is -2.49. The minimum Gasteiger partial charge on any atom is -0.412 e. The van der Waals surface area contributed by atoms with Crippen LogP contribution >= 0.6 is 11.8 Å². The van der Waals surface area contributed by atoms with Crippen LogP contribution < -0.4 is 0 Å². The fraction of sp³-hybridized carbons (Fsp3) is 0.320. The molecule has 8 nitrogen and oxygen atoms in total. The number of aliphatic hydroxyl groups excluding tert-OH is 1. The minimum absolute atomic E-state index is 0. The molecule has 4 aromatic rings. The number of rotatable bonds is 8. The van der Waals surface area contributed by atoms with Crippen LogP contribution in [0.1, 0.15) is 17.2 Å². The van der Waals surface area contributed by atoms with Gasteiger partial charge in [0.2, 0.25) is 0 Å². The largest absolute Gasteiger partial charge is 0.412 e. The van der Waals surface area contributed by atoms with Crippen LogP contribution in [-0.2, 0) is 0 Å². The number of thioether (sulfide) groups is 1. The highest BCUT2D eigenvalue weighted by molar-refractivity contribution is 7.99. The number of imidazole rings is 1. The zero-order chi connectivity index (χ0) is 22.5. The van der Waals surface area contributed by atoms with Crippen LogP contribution in [0.5, 0.6) is 0 Å². The number of fused-ring (bicyclic) bond motifs is 1. The molecule has 0 amide bonds. The van der Waals surface area contributed by atoms with Crippen molar-refractivity contribution < 1.29 is 10.6 Å². The molecule has 2 aromatic heterocycles. The molecule has 1 unspecified atom stereocenters. The monoisotopic (exact) mass is 478 g/mol.